The van der Waals surface area contributed by atoms with Crippen molar-refractivity contribution in [1.82, 2.24) is 0 Å². The van der Waals surface area contributed by atoms with Gasteiger partial charge in [0.15, 0.2) is 11.5 Å². The Hall–Kier alpha value is -2.89. The van der Waals surface area contributed by atoms with Crippen LogP contribution in [0.4, 0.5) is 5.69 Å². The van der Waals surface area contributed by atoms with Crippen LogP contribution in [0.1, 0.15) is 28.4 Å². The number of rotatable bonds is 9. The van der Waals surface area contributed by atoms with E-state index in [9.17, 15) is 4.79 Å². The summed E-state index contributed by atoms with van der Waals surface area (Å²) in [4.78, 5) is 11.1. The van der Waals surface area contributed by atoms with E-state index in [0.717, 1.165) is 16.8 Å². The molecule has 0 saturated carbocycles. The van der Waals surface area contributed by atoms with Gasteiger partial charge in [0.25, 0.3) is 0 Å². The van der Waals surface area contributed by atoms with Gasteiger partial charge in [-0.2, -0.15) is 0 Å². The Kier molecular flexibility index (Phi) is 7.44. The van der Waals surface area contributed by atoms with Gasteiger partial charge in [-0.3, -0.25) is 0 Å². The van der Waals surface area contributed by atoms with Crippen molar-refractivity contribution in [2.45, 2.75) is 20.1 Å². The lowest BCUT2D eigenvalue weighted by Gasteiger charge is -2.15. The maximum Gasteiger partial charge on any atom is 0.337 e. The van der Waals surface area contributed by atoms with E-state index in [1.165, 1.54) is 6.07 Å². The van der Waals surface area contributed by atoms with Crippen LogP contribution in [-0.2, 0) is 13.2 Å². The van der Waals surface area contributed by atoms with Gasteiger partial charge in [-0.1, -0.05) is 47.5 Å². The number of anilines is 1. The Morgan fingerprint density at radius 2 is 1.77 bits per heavy atom. The molecule has 0 spiro atoms. The summed E-state index contributed by atoms with van der Waals surface area (Å²) in [7, 11) is 0. The Morgan fingerprint density at radius 1 is 0.967 bits per heavy atom. The van der Waals surface area contributed by atoms with Crippen LogP contribution in [0, 0.1) is 0 Å². The molecule has 0 fully saturated rings. The van der Waals surface area contributed by atoms with Crippen molar-refractivity contribution in [3.63, 3.8) is 0 Å². The molecule has 0 atom stereocenters. The zero-order valence-corrected chi connectivity index (χ0v) is 17.8. The van der Waals surface area contributed by atoms with Crippen LogP contribution >= 0.6 is 23.2 Å². The second kappa shape index (κ2) is 10.2. The fourth-order valence-electron chi connectivity index (χ4n) is 2.82. The summed E-state index contributed by atoms with van der Waals surface area (Å²) in [6.07, 6.45) is 0. The number of benzene rings is 3. The summed E-state index contributed by atoms with van der Waals surface area (Å²) in [5.74, 6) is 0.220. The second-order valence-electron chi connectivity index (χ2n) is 6.45. The molecule has 5 nitrogen and oxygen atoms in total. The molecule has 0 amide bonds. The average molecular weight is 446 g/mol. The zero-order chi connectivity index (χ0) is 21.5. The van der Waals surface area contributed by atoms with E-state index in [-0.39, 0.29) is 10.6 Å². The highest BCUT2D eigenvalue weighted by Crippen LogP contribution is 2.30. The van der Waals surface area contributed by atoms with E-state index >= 15 is 0 Å². The van der Waals surface area contributed by atoms with Crippen LogP contribution < -0.4 is 14.8 Å². The topological polar surface area (TPSA) is 67.8 Å². The van der Waals surface area contributed by atoms with E-state index in [1.807, 2.05) is 49.4 Å². The Bertz CT molecular complexity index is 1040. The van der Waals surface area contributed by atoms with Crippen LogP contribution in [0.25, 0.3) is 0 Å². The van der Waals surface area contributed by atoms with E-state index in [0.29, 0.717) is 36.3 Å². The number of carbonyl (C=O) groups is 1. The van der Waals surface area contributed by atoms with Crippen molar-refractivity contribution in [1.29, 1.82) is 0 Å². The van der Waals surface area contributed by atoms with Gasteiger partial charge < -0.3 is 19.9 Å². The van der Waals surface area contributed by atoms with E-state index in [4.69, 9.17) is 37.8 Å². The molecule has 0 aromatic heterocycles. The van der Waals surface area contributed by atoms with Crippen molar-refractivity contribution in [2.24, 2.45) is 0 Å². The van der Waals surface area contributed by atoms with E-state index in [1.54, 1.807) is 12.1 Å². The average Bonchev–Trinajstić information content (AvgIpc) is 2.72. The summed E-state index contributed by atoms with van der Waals surface area (Å²) in [5, 5.41) is 13.1. The largest absolute Gasteiger partial charge is 0.490 e. The van der Waals surface area contributed by atoms with E-state index in [2.05, 4.69) is 5.32 Å². The minimum absolute atomic E-state index is 0.0702. The lowest BCUT2D eigenvalue weighted by atomic mass is 10.1. The molecule has 3 aromatic carbocycles. The summed E-state index contributed by atoms with van der Waals surface area (Å²) in [6.45, 7) is 3.26. The lowest BCUT2D eigenvalue weighted by Crippen LogP contribution is -2.04. The molecule has 3 rings (SSSR count). The predicted octanol–water partition coefficient (Wildman–Crippen LogP) is 6.28. The molecule has 0 aliphatic carbocycles. The van der Waals surface area contributed by atoms with Gasteiger partial charge in [0.2, 0.25) is 0 Å². The first kappa shape index (κ1) is 21.8. The number of aromatic carboxylic acids is 1. The molecular weight excluding hydrogens is 425 g/mol. The summed E-state index contributed by atoms with van der Waals surface area (Å²) in [5.41, 5.74) is 2.67. The number of carboxylic acid groups (broad SMARTS) is 1. The standard InChI is InChI=1S/C23H21Cl2NO4/c1-2-29-22-11-15(13-26-17-8-9-18(23(27)28)20(25)12-17)7-10-21(22)30-14-16-5-3-4-6-19(16)24/h3-12,26H,2,13-14H2,1H3,(H,27,28). The first-order valence-electron chi connectivity index (χ1n) is 9.36. The van der Waals surface area contributed by atoms with Crippen molar-refractivity contribution in [3.05, 3.63) is 87.4 Å². The van der Waals surface area contributed by atoms with Gasteiger partial charge in [-0.15, -0.1) is 0 Å². The first-order valence-corrected chi connectivity index (χ1v) is 10.1. The number of hydrogen-bond acceptors (Lipinski definition) is 4. The van der Waals surface area contributed by atoms with Crippen LogP contribution in [0.3, 0.4) is 0 Å². The normalized spacial score (nSPS) is 10.5. The second-order valence-corrected chi connectivity index (χ2v) is 7.26. The molecular formula is C23H21Cl2NO4. The monoisotopic (exact) mass is 445 g/mol. The lowest BCUT2D eigenvalue weighted by molar-refractivity contribution is 0.0697. The molecule has 3 aromatic rings. The molecule has 0 aliphatic heterocycles. The highest BCUT2D eigenvalue weighted by molar-refractivity contribution is 6.33. The molecule has 30 heavy (non-hydrogen) atoms. The van der Waals surface area contributed by atoms with Gasteiger partial charge >= 0.3 is 5.97 Å². The van der Waals surface area contributed by atoms with Gasteiger partial charge in [0.1, 0.15) is 6.61 Å². The highest BCUT2D eigenvalue weighted by atomic mass is 35.5. The summed E-state index contributed by atoms with van der Waals surface area (Å²) < 4.78 is 11.7. The highest BCUT2D eigenvalue weighted by Gasteiger charge is 2.10. The Balaban J connectivity index is 1.69. The van der Waals surface area contributed by atoms with Crippen molar-refractivity contribution in [3.8, 4) is 11.5 Å². The number of carboxylic acids is 1. The molecule has 0 heterocycles. The van der Waals surface area contributed by atoms with Crippen LogP contribution in [0.2, 0.25) is 10.0 Å². The number of halogens is 2. The van der Waals surface area contributed by atoms with Gasteiger partial charge in [-0.05, 0) is 48.9 Å². The van der Waals surface area contributed by atoms with Crippen molar-refractivity contribution in [2.75, 3.05) is 11.9 Å². The first-order chi connectivity index (χ1) is 14.5. The molecule has 2 N–H and O–H groups in total. The maximum atomic E-state index is 11.1. The predicted molar refractivity (Wildman–Crippen MR) is 119 cm³/mol. The minimum atomic E-state index is -1.06. The molecule has 0 bridgehead atoms. The molecule has 0 saturated heterocycles. The van der Waals surface area contributed by atoms with E-state index < -0.39 is 5.97 Å². The molecule has 156 valence electrons. The minimum Gasteiger partial charge on any atom is -0.490 e. The number of hydrogen-bond donors (Lipinski definition) is 2. The van der Waals surface area contributed by atoms with Crippen LogP contribution in [0.5, 0.6) is 11.5 Å². The maximum absolute atomic E-state index is 11.1. The van der Waals surface area contributed by atoms with Gasteiger partial charge in [-0.25, -0.2) is 4.79 Å². The van der Waals surface area contributed by atoms with Gasteiger partial charge in [0, 0.05) is 22.8 Å². The Labute approximate surface area is 185 Å². The van der Waals surface area contributed by atoms with Crippen LogP contribution in [-0.4, -0.2) is 17.7 Å². The molecule has 0 radical (unpaired) electrons. The Morgan fingerprint density at radius 3 is 2.47 bits per heavy atom. The zero-order valence-electron chi connectivity index (χ0n) is 16.3. The SMILES string of the molecule is CCOc1cc(CNc2ccc(C(=O)O)c(Cl)c2)ccc1OCc1ccccc1Cl. The number of nitrogens with one attached hydrogen (secondary N) is 1. The molecule has 0 aliphatic rings. The van der Waals surface area contributed by atoms with Gasteiger partial charge in [0.05, 0.1) is 17.2 Å². The smallest absolute Gasteiger partial charge is 0.337 e. The van der Waals surface area contributed by atoms with Crippen molar-refractivity contribution >= 4 is 34.9 Å². The van der Waals surface area contributed by atoms with Crippen LogP contribution in [0.15, 0.2) is 60.7 Å². The number of ether oxygens (including phenoxy) is 2. The quantitative estimate of drug-likeness (QED) is 0.405. The van der Waals surface area contributed by atoms with Crippen molar-refractivity contribution < 1.29 is 19.4 Å². The third-order valence-corrected chi connectivity index (χ3v) is 5.03. The third kappa shape index (κ3) is 5.59. The molecule has 7 heteroatoms. The fraction of sp³-hybridized carbons (Fsp3) is 0.174. The summed E-state index contributed by atoms with van der Waals surface area (Å²) in [6, 6.07) is 18.0. The summed E-state index contributed by atoms with van der Waals surface area (Å²) >= 11 is 12.2. The third-order valence-electron chi connectivity index (χ3n) is 4.35. The fourth-order valence-corrected chi connectivity index (χ4v) is 3.28. The molecule has 0 unspecified atom stereocenters.